The standard InChI is InChI=1S/C25H22N4O4S/c1-28(2)24(31)17-10-12-18(13-11-17)26-22(30)16-33-25(32)20-15-29(19-7-4-3-5-8-19)27-23(20)21-9-6-14-34-21/h3-15H,16H2,1-2H3,(H,26,30). The van der Waals surface area contributed by atoms with E-state index in [1.54, 1.807) is 49.2 Å². The van der Waals surface area contributed by atoms with E-state index in [0.717, 1.165) is 10.6 Å². The van der Waals surface area contributed by atoms with E-state index in [0.29, 0.717) is 16.9 Å². The number of carbonyl (C=O) groups excluding carboxylic acids is 3. The molecule has 1 N–H and O–H groups in total. The van der Waals surface area contributed by atoms with E-state index in [1.807, 2.05) is 47.8 Å². The van der Waals surface area contributed by atoms with Gasteiger partial charge in [0, 0.05) is 31.5 Å². The number of benzene rings is 2. The van der Waals surface area contributed by atoms with Crippen LogP contribution in [0.25, 0.3) is 16.3 Å². The highest BCUT2D eigenvalue weighted by Gasteiger charge is 2.21. The monoisotopic (exact) mass is 474 g/mol. The number of ether oxygens (including phenoxy) is 1. The lowest BCUT2D eigenvalue weighted by atomic mass is 10.2. The average molecular weight is 475 g/mol. The molecule has 8 nitrogen and oxygen atoms in total. The molecule has 2 aromatic carbocycles. The fourth-order valence-corrected chi connectivity index (χ4v) is 3.92. The van der Waals surface area contributed by atoms with Gasteiger partial charge in [-0.25, -0.2) is 9.48 Å². The predicted molar refractivity (Wildman–Crippen MR) is 130 cm³/mol. The van der Waals surface area contributed by atoms with Crippen LogP contribution in [0.5, 0.6) is 0 Å². The number of aromatic nitrogens is 2. The summed E-state index contributed by atoms with van der Waals surface area (Å²) < 4.78 is 6.90. The number of nitrogens with one attached hydrogen (secondary N) is 1. The fraction of sp³-hybridized carbons (Fsp3) is 0.120. The Hall–Kier alpha value is -4.24. The normalized spacial score (nSPS) is 10.5. The number of para-hydroxylation sites is 1. The van der Waals surface area contributed by atoms with Gasteiger partial charge in [-0.15, -0.1) is 11.3 Å². The highest BCUT2D eigenvalue weighted by molar-refractivity contribution is 7.13. The molecule has 2 aromatic heterocycles. The SMILES string of the molecule is CN(C)C(=O)c1ccc(NC(=O)COC(=O)c2cn(-c3ccccc3)nc2-c2cccs2)cc1. The zero-order valence-electron chi connectivity index (χ0n) is 18.6. The maximum Gasteiger partial charge on any atom is 0.342 e. The lowest BCUT2D eigenvalue weighted by molar-refractivity contribution is -0.119. The summed E-state index contributed by atoms with van der Waals surface area (Å²) in [4.78, 5) is 39.4. The molecule has 0 aliphatic heterocycles. The van der Waals surface area contributed by atoms with Gasteiger partial charge in [0.1, 0.15) is 11.3 Å². The van der Waals surface area contributed by atoms with Crippen LogP contribution < -0.4 is 5.32 Å². The van der Waals surface area contributed by atoms with Crippen LogP contribution in [0.4, 0.5) is 5.69 Å². The maximum atomic E-state index is 12.9. The molecular formula is C25H22N4O4S. The van der Waals surface area contributed by atoms with Gasteiger partial charge in [0.15, 0.2) is 6.61 Å². The van der Waals surface area contributed by atoms with Crippen LogP contribution in [0, 0.1) is 0 Å². The van der Waals surface area contributed by atoms with Crippen molar-refractivity contribution in [3.8, 4) is 16.3 Å². The van der Waals surface area contributed by atoms with Crippen molar-refractivity contribution in [1.29, 1.82) is 0 Å². The second-order valence-corrected chi connectivity index (χ2v) is 8.50. The van der Waals surface area contributed by atoms with Gasteiger partial charge in [-0.3, -0.25) is 9.59 Å². The number of esters is 1. The van der Waals surface area contributed by atoms with Gasteiger partial charge in [0.2, 0.25) is 0 Å². The molecule has 0 fully saturated rings. The van der Waals surface area contributed by atoms with E-state index in [2.05, 4.69) is 10.4 Å². The zero-order chi connectivity index (χ0) is 24.1. The van der Waals surface area contributed by atoms with Crippen molar-refractivity contribution in [2.45, 2.75) is 0 Å². The minimum Gasteiger partial charge on any atom is -0.452 e. The lowest BCUT2D eigenvalue weighted by Crippen LogP contribution is -2.22. The molecule has 2 amide bonds. The maximum absolute atomic E-state index is 12.9. The Morgan fingerprint density at radius 2 is 1.74 bits per heavy atom. The van der Waals surface area contributed by atoms with Crippen LogP contribution >= 0.6 is 11.3 Å². The summed E-state index contributed by atoms with van der Waals surface area (Å²) in [5, 5.41) is 9.13. The largest absolute Gasteiger partial charge is 0.452 e. The van der Waals surface area contributed by atoms with E-state index in [4.69, 9.17) is 4.74 Å². The number of amides is 2. The van der Waals surface area contributed by atoms with Crippen molar-refractivity contribution < 1.29 is 19.1 Å². The van der Waals surface area contributed by atoms with Crippen molar-refractivity contribution in [2.75, 3.05) is 26.0 Å². The molecule has 34 heavy (non-hydrogen) atoms. The third kappa shape index (κ3) is 5.21. The highest BCUT2D eigenvalue weighted by Crippen LogP contribution is 2.28. The van der Waals surface area contributed by atoms with Gasteiger partial charge in [-0.1, -0.05) is 24.3 Å². The van der Waals surface area contributed by atoms with Crippen LogP contribution in [0.1, 0.15) is 20.7 Å². The molecule has 0 saturated heterocycles. The van der Waals surface area contributed by atoms with Gasteiger partial charge >= 0.3 is 5.97 Å². The third-order valence-electron chi connectivity index (χ3n) is 4.87. The quantitative estimate of drug-likeness (QED) is 0.407. The first-order valence-electron chi connectivity index (χ1n) is 10.4. The molecular weight excluding hydrogens is 452 g/mol. The smallest absolute Gasteiger partial charge is 0.342 e. The number of thiophene rings is 1. The van der Waals surface area contributed by atoms with Crippen molar-refractivity contribution in [1.82, 2.24) is 14.7 Å². The van der Waals surface area contributed by atoms with Gasteiger partial charge in [-0.2, -0.15) is 5.10 Å². The highest BCUT2D eigenvalue weighted by atomic mass is 32.1. The molecule has 4 aromatic rings. The molecule has 172 valence electrons. The molecule has 9 heteroatoms. The second kappa shape index (κ2) is 10.1. The Labute approximate surface area is 200 Å². The number of hydrogen-bond donors (Lipinski definition) is 1. The number of hydrogen-bond acceptors (Lipinski definition) is 6. The number of nitrogens with zero attached hydrogens (tertiary/aromatic N) is 3. The van der Waals surface area contributed by atoms with E-state index in [-0.39, 0.29) is 11.5 Å². The summed E-state index contributed by atoms with van der Waals surface area (Å²) in [6.07, 6.45) is 1.60. The van der Waals surface area contributed by atoms with Crippen LogP contribution in [-0.2, 0) is 9.53 Å². The molecule has 0 spiro atoms. The minimum absolute atomic E-state index is 0.135. The van der Waals surface area contributed by atoms with Crippen LogP contribution in [-0.4, -0.2) is 53.2 Å². The molecule has 0 bridgehead atoms. The van der Waals surface area contributed by atoms with Crippen molar-refractivity contribution >= 4 is 34.8 Å². The van der Waals surface area contributed by atoms with E-state index >= 15 is 0 Å². The van der Waals surface area contributed by atoms with Gasteiger partial charge in [0.05, 0.1) is 10.6 Å². The Kier molecular flexibility index (Phi) is 6.84. The van der Waals surface area contributed by atoms with Gasteiger partial charge < -0.3 is 15.0 Å². The van der Waals surface area contributed by atoms with E-state index < -0.39 is 18.5 Å². The molecule has 4 rings (SSSR count). The van der Waals surface area contributed by atoms with Crippen molar-refractivity contribution in [3.05, 3.63) is 89.4 Å². The second-order valence-electron chi connectivity index (χ2n) is 7.55. The first-order chi connectivity index (χ1) is 16.4. The Bertz CT molecular complexity index is 1300. The summed E-state index contributed by atoms with van der Waals surface area (Å²) in [6, 6.07) is 19.7. The molecule has 0 saturated carbocycles. The molecule has 0 radical (unpaired) electrons. The van der Waals surface area contributed by atoms with Gasteiger partial charge in [-0.05, 0) is 47.8 Å². The zero-order valence-corrected chi connectivity index (χ0v) is 19.4. The predicted octanol–water partition coefficient (Wildman–Crippen LogP) is 4.10. The average Bonchev–Trinajstić information content (AvgIpc) is 3.53. The third-order valence-corrected chi connectivity index (χ3v) is 5.74. The number of carbonyl (C=O) groups is 3. The molecule has 0 aliphatic rings. The summed E-state index contributed by atoms with van der Waals surface area (Å²) in [6.45, 7) is -0.461. The number of rotatable bonds is 7. The van der Waals surface area contributed by atoms with Crippen molar-refractivity contribution in [2.24, 2.45) is 0 Å². The number of anilines is 1. The van der Waals surface area contributed by atoms with Gasteiger partial charge in [0.25, 0.3) is 11.8 Å². The van der Waals surface area contributed by atoms with Crippen LogP contribution in [0.3, 0.4) is 0 Å². The van der Waals surface area contributed by atoms with E-state index in [9.17, 15) is 14.4 Å². The topological polar surface area (TPSA) is 93.5 Å². The van der Waals surface area contributed by atoms with E-state index in [1.165, 1.54) is 16.2 Å². The Morgan fingerprint density at radius 3 is 2.38 bits per heavy atom. The first kappa shape index (κ1) is 22.9. The van der Waals surface area contributed by atoms with Crippen LogP contribution in [0.2, 0.25) is 0 Å². The lowest BCUT2D eigenvalue weighted by Gasteiger charge is -2.11. The summed E-state index contributed by atoms with van der Waals surface area (Å²) >= 11 is 1.46. The van der Waals surface area contributed by atoms with Crippen LogP contribution in [0.15, 0.2) is 78.3 Å². The van der Waals surface area contributed by atoms with Crippen molar-refractivity contribution in [3.63, 3.8) is 0 Å². The first-order valence-corrected chi connectivity index (χ1v) is 11.3. The Morgan fingerprint density at radius 1 is 1.00 bits per heavy atom. The molecule has 2 heterocycles. The summed E-state index contributed by atoms with van der Waals surface area (Å²) in [5.41, 5.74) is 2.56. The minimum atomic E-state index is -0.646. The molecule has 0 unspecified atom stereocenters. The molecule has 0 atom stereocenters. The fourth-order valence-electron chi connectivity index (χ4n) is 3.19. The Balaban J connectivity index is 1.44. The molecule has 0 aliphatic carbocycles. The summed E-state index contributed by atoms with van der Waals surface area (Å²) in [5.74, 6) is -1.27. The summed E-state index contributed by atoms with van der Waals surface area (Å²) in [7, 11) is 3.33.